The monoisotopic (exact) mass is 203 g/mol. The van der Waals surface area contributed by atoms with Gasteiger partial charge in [0, 0.05) is 24.4 Å². The molecular weight excluding hydrogens is 182 g/mol. The lowest BCUT2D eigenvalue weighted by atomic mass is 10.1. The van der Waals surface area contributed by atoms with Gasteiger partial charge < -0.3 is 10.1 Å². The van der Waals surface area contributed by atoms with Gasteiger partial charge in [-0.2, -0.15) is 11.8 Å². The third kappa shape index (κ3) is 4.34. The fraction of sp³-hybridized carbons (Fsp3) is 1.00. The molecule has 2 unspecified atom stereocenters. The molecule has 1 heterocycles. The highest BCUT2D eigenvalue weighted by molar-refractivity contribution is 7.98. The zero-order valence-electron chi connectivity index (χ0n) is 8.71. The molecular formula is C10H21NOS. The molecule has 2 nitrogen and oxygen atoms in total. The molecule has 3 heteroatoms. The summed E-state index contributed by atoms with van der Waals surface area (Å²) in [6.07, 6.45) is 5.89. The maximum atomic E-state index is 5.44. The van der Waals surface area contributed by atoms with E-state index in [1.807, 2.05) is 11.8 Å². The summed E-state index contributed by atoms with van der Waals surface area (Å²) in [5, 5.41) is 3.66. The Morgan fingerprint density at radius 2 is 2.46 bits per heavy atom. The van der Waals surface area contributed by atoms with Gasteiger partial charge in [0.05, 0.1) is 6.61 Å². The quantitative estimate of drug-likeness (QED) is 0.737. The Bertz CT molecular complexity index is 123. The molecule has 0 saturated carbocycles. The maximum absolute atomic E-state index is 5.44. The van der Waals surface area contributed by atoms with Crippen molar-refractivity contribution in [3.8, 4) is 0 Å². The summed E-state index contributed by atoms with van der Waals surface area (Å²) in [4.78, 5) is 0. The summed E-state index contributed by atoms with van der Waals surface area (Å²) in [5.41, 5.74) is 0. The second kappa shape index (κ2) is 6.68. The Morgan fingerprint density at radius 1 is 1.62 bits per heavy atom. The zero-order chi connectivity index (χ0) is 9.52. The van der Waals surface area contributed by atoms with Crippen LogP contribution in [-0.2, 0) is 4.74 Å². The molecule has 13 heavy (non-hydrogen) atoms. The molecule has 0 aromatic heterocycles. The summed E-state index contributed by atoms with van der Waals surface area (Å²) >= 11 is 1.92. The lowest BCUT2D eigenvalue weighted by Gasteiger charge is -2.27. The molecule has 1 saturated heterocycles. The van der Waals surface area contributed by atoms with Crippen molar-refractivity contribution in [1.29, 1.82) is 0 Å². The van der Waals surface area contributed by atoms with Crippen LogP contribution in [0, 0.1) is 0 Å². The molecule has 1 aliphatic rings. The van der Waals surface area contributed by atoms with Gasteiger partial charge in [0.1, 0.15) is 0 Å². The van der Waals surface area contributed by atoms with E-state index in [0.717, 1.165) is 13.2 Å². The topological polar surface area (TPSA) is 21.3 Å². The van der Waals surface area contributed by atoms with Crippen LogP contribution in [0.1, 0.15) is 26.2 Å². The fourth-order valence-electron chi connectivity index (χ4n) is 1.69. The van der Waals surface area contributed by atoms with Crippen molar-refractivity contribution in [2.24, 2.45) is 0 Å². The van der Waals surface area contributed by atoms with Gasteiger partial charge in [-0.15, -0.1) is 0 Å². The molecule has 1 fully saturated rings. The first-order valence-corrected chi connectivity index (χ1v) is 6.59. The van der Waals surface area contributed by atoms with Gasteiger partial charge in [-0.25, -0.2) is 0 Å². The molecule has 2 atom stereocenters. The van der Waals surface area contributed by atoms with Gasteiger partial charge in [-0.3, -0.25) is 0 Å². The number of hydrogen-bond donors (Lipinski definition) is 1. The molecule has 0 aliphatic carbocycles. The molecule has 0 radical (unpaired) electrons. The van der Waals surface area contributed by atoms with E-state index in [-0.39, 0.29) is 0 Å². The van der Waals surface area contributed by atoms with Crippen LogP contribution in [-0.4, -0.2) is 37.3 Å². The number of hydrogen-bond acceptors (Lipinski definition) is 3. The van der Waals surface area contributed by atoms with Crippen molar-refractivity contribution in [2.45, 2.75) is 38.3 Å². The molecule has 0 bridgehead atoms. The van der Waals surface area contributed by atoms with Crippen molar-refractivity contribution in [3.05, 3.63) is 0 Å². The molecule has 0 amide bonds. The third-order valence-corrected chi connectivity index (χ3v) is 3.23. The molecule has 1 aliphatic heterocycles. The minimum absolute atomic E-state index is 0.603. The lowest BCUT2D eigenvalue weighted by molar-refractivity contribution is 0.0671. The first-order chi connectivity index (χ1) is 6.36. The number of thioether (sulfide) groups is 1. The highest BCUT2D eigenvalue weighted by Crippen LogP contribution is 2.09. The van der Waals surface area contributed by atoms with Crippen LogP contribution >= 0.6 is 11.8 Å². The van der Waals surface area contributed by atoms with Crippen molar-refractivity contribution in [3.63, 3.8) is 0 Å². The Labute approximate surface area is 85.8 Å². The summed E-state index contributed by atoms with van der Waals surface area (Å²) in [6.45, 7) is 4.11. The van der Waals surface area contributed by atoms with Crippen LogP contribution in [0.25, 0.3) is 0 Å². The summed E-state index contributed by atoms with van der Waals surface area (Å²) < 4.78 is 5.44. The van der Waals surface area contributed by atoms with Gasteiger partial charge >= 0.3 is 0 Å². The Hall–Kier alpha value is 0.270. The highest BCUT2D eigenvalue weighted by Gasteiger charge is 2.16. The van der Waals surface area contributed by atoms with E-state index >= 15 is 0 Å². The fourth-order valence-corrected chi connectivity index (χ4v) is 2.42. The van der Waals surface area contributed by atoms with Gasteiger partial charge in [-0.05, 0) is 25.5 Å². The predicted octanol–water partition coefficient (Wildman–Crippen LogP) is 1.90. The van der Waals surface area contributed by atoms with Crippen molar-refractivity contribution in [2.75, 3.05) is 25.2 Å². The van der Waals surface area contributed by atoms with Crippen LogP contribution in [0.15, 0.2) is 0 Å². The van der Waals surface area contributed by atoms with E-state index < -0.39 is 0 Å². The van der Waals surface area contributed by atoms with Gasteiger partial charge in [0.2, 0.25) is 0 Å². The van der Waals surface area contributed by atoms with E-state index in [9.17, 15) is 0 Å². The number of rotatable bonds is 5. The van der Waals surface area contributed by atoms with Crippen molar-refractivity contribution >= 4 is 11.8 Å². The lowest BCUT2D eigenvalue weighted by Crippen LogP contribution is -2.44. The highest BCUT2D eigenvalue weighted by atomic mass is 32.2. The van der Waals surface area contributed by atoms with E-state index in [2.05, 4.69) is 18.5 Å². The normalized spacial score (nSPS) is 25.8. The smallest absolute Gasteiger partial charge is 0.0619 e. The van der Waals surface area contributed by atoms with Gasteiger partial charge in [0.15, 0.2) is 0 Å². The van der Waals surface area contributed by atoms with E-state index in [1.54, 1.807) is 0 Å². The second-order valence-corrected chi connectivity index (χ2v) is 4.55. The molecule has 78 valence electrons. The Kier molecular flexibility index (Phi) is 5.83. The van der Waals surface area contributed by atoms with E-state index in [4.69, 9.17) is 4.74 Å². The summed E-state index contributed by atoms with van der Waals surface area (Å²) in [6, 6.07) is 1.27. The maximum Gasteiger partial charge on any atom is 0.0619 e. The third-order valence-electron chi connectivity index (χ3n) is 2.49. The first-order valence-electron chi connectivity index (χ1n) is 5.19. The van der Waals surface area contributed by atoms with Crippen LogP contribution in [0.2, 0.25) is 0 Å². The van der Waals surface area contributed by atoms with Crippen molar-refractivity contribution in [1.82, 2.24) is 5.32 Å². The van der Waals surface area contributed by atoms with Crippen LogP contribution in [0.5, 0.6) is 0 Å². The van der Waals surface area contributed by atoms with Gasteiger partial charge in [-0.1, -0.05) is 6.92 Å². The Morgan fingerprint density at radius 3 is 3.00 bits per heavy atom. The zero-order valence-corrected chi connectivity index (χ0v) is 9.53. The number of ether oxygens (including phenoxy) is 1. The summed E-state index contributed by atoms with van der Waals surface area (Å²) in [5.74, 6) is 1.22. The average Bonchev–Trinajstić information content (AvgIpc) is 2.19. The van der Waals surface area contributed by atoms with Crippen LogP contribution < -0.4 is 5.32 Å². The standard InChI is InChI=1S/C10H21NOS/c1-3-9(8-13-2)11-10-5-4-6-12-7-10/h9-11H,3-8H2,1-2H3. The van der Waals surface area contributed by atoms with Gasteiger partial charge in [0.25, 0.3) is 0 Å². The molecule has 0 aromatic rings. The summed E-state index contributed by atoms with van der Waals surface area (Å²) in [7, 11) is 0. The predicted molar refractivity (Wildman–Crippen MR) is 59.4 cm³/mol. The molecule has 0 aromatic carbocycles. The minimum atomic E-state index is 0.603. The van der Waals surface area contributed by atoms with Crippen molar-refractivity contribution < 1.29 is 4.74 Å². The minimum Gasteiger partial charge on any atom is -0.380 e. The van der Waals surface area contributed by atoms with Crippen LogP contribution in [0.4, 0.5) is 0 Å². The second-order valence-electron chi connectivity index (χ2n) is 3.64. The van der Waals surface area contributed by atoms with E-state index in [1.165, 1.54) is 25.0 Å². The molecule has 1 rings (SSSR count). The van der Waals surface area contributed by atoms with E-state index in [0.29, 0.717) is 12.1 Å². The molecule has 1 N–H and O–H groups in total. The van der Waals surface area contributed by atoms with Crippen LogP contribution in [0.3, 0.4) is 0 Å². The number of nitrogens with one attached hydrogen (secondary N) is 1. The average molecular weight is 203 g/mol. The Balaban J connectivity index is 2.18. The molecule has 0 spiro atoms. The first kappa shape index (κ1) is 11.3. The SMILES string of the molecule is CCC(CSC)NC1CCCOC1. The largest absolute Gasteiger partial charge is 0.380 e.